The van der Waals surface area contributed by atoms with E-state index >= 15 is 0 Å². The van der Waals surface area contributed by atoms with Gasteiger partial charge in [0.15, 0.2) is 0 Å². The van der Waals surface area contributed by atoms with Gasteiger partial charge >= 0.3 is 0 Å². The summed E-state index contributed by atoms with van der Waals surface area (Å²) in [6, 6.07) is 10.9. The third kappa shape index (κ3) is 5.49. The average molecular weight is 427 g/mol. The van der Waals surface area contributed by atoms with Crippen LogP contribution in [0.1, 0.15) is 27.9 Å². The van der Waals surface area contributed by atoms with Crippen LogP contribution in [0, 0.1) is 6.92 Å². The predicted molar refractivity (Wildman–Crippen MR) is 116 cm³/mol. The number of benzene rings is 1. The Balaban J connectivity index is 1.51. The van der Waals surface area contributed by atoms with Gasteiger partial charge in [0.05, 0.1) is 4.91 Å². The summed E-state index contributed by atoms with van der Waals surface area (Å²) in [5.74, 6) is -1.11. The number of amides is 3. The zero-order valence-electron chi connectivity index (χ0n) is 15.5. The van der Waals surface area contributed by atoms with Crippen LogP contribution in [0.3, 0.4) is 0 Å². The number of hydrogen-bond acceptors (Lipinski definition) is 6. The number of nitrogens with one attached hydrogen (secondary N) is 2. The number of hydrazine groups is 1. The number of carbonyl (C=O) groups excluding carboxylic acids is 3. The molecule has 29 heavy (non-hydrogen) atoms. The molecule has 1 aliphatic rings. The maximum absolute atomic E-state index is 12.6. The van der Waals surface area contributed by atoms with Gasteiger partial charge in [-0.2, -0.15) is 0 Å². The molecule has 0 saturated carbocycles. The largest absolute Gasteiger partial charge is 0.292 e. The smallest absolute Gasteiger partial charge is 0.269 e. The Morgan fingerprint density at radius 2 is 1.83 bits per heavy atom. The monoisotopic (exact) mass is 426 g/mol. The molecule has 0 atom stereocenters. The molecule has 0 radical (unpaired) electrons. The van der Waals surface area contributed by atoms with E-state index in [4.69, 9.17) is 12.2 Å². The second-order valence-electron chi connectivity index (χ2n) is 6.23. The van der Waals surface area contributed by atoms with Crippen molar-refractivity contribution < 1.29 is 14.4 Å². The van der Waals surface area contributed by atoms with Crippen molar-refractivity contribution in [3.63, 3.8) is 0 Å². The van der Waals surface area contributed by atoms with E-state index in [0.29, 0.717) is 14.8 Å². The molecule has 2 heterocycles. The van der Waals surface area contributed by atoms with Gasteiger partial charge in [-0.3, -0.25) is 35.1 Å². The van der Waals surface area contributed by atoms with Gasteiger partial charge in [0.1, 0.15) is 4.32 Å². The highest BCUT2D eigenvalue weighted by Crippen LogP contribution is 2.32. The number of aryl methyl sites for hydroxylation is 1. The van der Waals surface area contributed by atoms with Crippen molar-refractivity contribution in [3.05, 3.63) is 70.4 Å². The van der Waals surface area contributed by atoms with Gasteiger partial charge in [0.2, 0.25) is 5.91 Å². The molecule has 148 valence electrons. The number of thioether (sulfide) groups is 1. The van der Waals surface area contributed by atoms with Crippen LogP contribution in [0.15, 0.2) is 53.7 Å². The molecule has 0 bridgehead atoms. The van der Waals surface area contributed by atoms with Gasteiger partial charge in [-0.15, -0.1) is 0 Å². The van der Waals surface area contributed by atoms with Gasteiger partial charge in [-0.05, 0) is 30.7 Å². The zero-order chi connectivity index (χ0) is 20.8. The zero-order valence-corrected chi connectivity index (χ0v) is 17.2. The number of carbonyl (C=O) groups is 3. The van der Waals surface area contributed by atoms with E-state index < -0.39 is 11.8 Å². The molecule has 1 aliphatic heterocycles. The van der Waals surface area contributed by atoms with Crippen LogP contribution in [0.25, 0.3) is 6.08 Å². The van der Waals surface area contributed by atoms with Gasteiger partial charge in [-0.1, -0.05) is 53.8 Å². The summed E-state index contributed by atoms with van der Waals surface area (Å²) in [6.45, 7) is 2.13. The van der Waals surface area contributed by atoms with Crippen molar-refractivity contribution in [3.8, 4) is 0 Å². The van der Waals surface area contributed by atoms with E-state index in [9.17, 15) is 14.4 Å². The average Bonchev–Trinajstić information content (AvgIpc) is 2.99. The minimum atomic E-state index is -0.451. The van der Waals surface area contributed by atoms with Gasteiger partial charge in [0, 0.05) is 30.9 Å². The van der Waals surface area contributed by atoms with Crippen LogP contribution in [-0.4, -0.2) is 38.5 Å². The maximum Gasteiger partial charge on any atom is 0.269 e. The van der Waals surface area contributed by atoms with E-state index in [0.717, 1.165) is 11.1 Å². The maximum atomic E-state index is 12.6. The fourth-order valence-corrected chi connectivity index (χ4v) is 3.79. The molecule has 0 unspecified atom stereocenters. The molecule has 1 aromatic carbocycles. The molecule has 2 aromatic rings. The standard InChI is InChI=1S/C20H18N4O3S2/c1-13-2-4-14(5-3-13)12-16-19(27)24(20(28)29-16)11-8-17(25)22-23-18(26)15-6-9-21-10-7-15/h2-7,9-10,12H,8,11H2,1H3,(H,22,25)(H,23,26). The van der Waals surface area contributed by atoms with Crippen LogP contribution >= 0.6 is 24.0 Å². The highest BCUT2D eigenvalue weighted by atomic mass is 32.2. The first-order valence-electron chi connectivity index (χ1n) is 8.75. The Hall–Kier alpha value is -3.04. The third-order valence-corrected chi connectivity index (χ3v) is 5.45. The number of hydrogen-bond donors (Lipinski definition) is 2. The van der Waals surface area contributed by atoms with E-state index in [-0.39, 0.29) is 18.9 Å². The number of aromatic nitrogens is 1. The number of nitrogens with zero attached hydrogens (tertiary/aromatic N) is 2. The summed E-state index contributed by atoms with van der Waals surface area (Å²) < 4.78 is 0.405. The Labute approximate surface area is 177 Å². The second-order valence-corrected chi connectivity index (χ2v) is 7.91. The second kappa shape index (κ2) is 9.44. The van der Waals surface area contributed by atoms with Crippen LogP contribution in [0.2, 0.25) is 0 Å². The van der Waals surface area contributed by atoms with Crippen molar-refractivity contribution in [2.24, 2.45) is 0 Å². The van der Waals surface area contributed by atoms with E-state index in [1.807, 2.05) is 31.2 Å². The van der Waals surface area contributed by atoms with Crippen molar-refractivity contribution in [2.75, 3.05) is 6.54 Å². The molecule has 0 aliphatic carbocycles. The normalized spacial score (nSPS) is 14.9. The Kier molecular flexibility index (Phi) is 6.73. The van der Waals surface area contributed by atoms with E-state index in [1.165, 1.54) is 41.2 Å². The molecule has 3 amide bonds. The summed E-state index contributed by atoms with van der Waals surface area (Å²) in [4.78, 5) is 42.2. The van der Waals surface area contributed by atoms with Crippen LogP contribution in [-0.2, 0) is 9.59 Å². The van der Waals surface area contributed by atoms with Crippen molar-refractivity contribution in [2.45, 2.75) is 13.3 Å². The molecule has 0 spiro atoms. The number of pyridine rings is 1. The lowest BCUT2D eigenvalue weighted by molar-refractivity contribution is -0.124. The lowest BCUT2D eigenvalue weighted by Crippen LogP contribution is -2.43. The lowest BCUT2D eigenvalue weighted by atomic mass is 10.1. The number of rotatable bonds is 5. The fourth-order valence-electron chi connectivity index (χ4n) is 2.48. The first-order valence-corrected chi connectivity index (χ1v) is 9.98. The highest BCUT2D eigenvalue weighted by molar-refractivity contribution is 8.26. The van der Waals surface area contributed by atoms with Crippen molar-refractivity contribution in [1.29, 1.82) is 0 Å². The molecule has 1 aromatic heterocycles. The molecule has 1 fully saturated rings. The van der Waals surface area contributed by atoms with Crippen LogP contribution in [0.4, 0.5) is 0 Å². The molecule has 3 rings (SSSR count). The highest BCUT2D eigenvalue weighted by Gasteiger charge is 2.32. The lowest BCUT2D eigenvalue weighted by Gasteiger charge is -2.14. The first kappa shape index (κ1) is 20.7. The molecule has 1 saturated heterocycles. The molecule has 9 heteroatoms. The topological polar surface area (TPSA) is 91.4 Å². The Morgan fingerprint density at radius 3 is 2.52 bits per heavy atom. The number of thiocarbonyl (C=S) groups is 1. The molecule has 7 nitrogen and oxygen atoms in total. The summed E-state index contributed by atoms with van der Waals surface area (Å²) in [5.41, 5.74) is 7.07. The van der Waals surface area contributed by atoms with Gasteiger partial charge in [-0.25, -0.2) is 0 Å². The van der Waals surface area contributed by atoms with Gasteiger partial charge in [0.25, 0.3) is 11.8 Å². The minimum absolute atomic E-state index is 0.000870. The van der Waals surface area contributed by atoms with Crippen molar-refractivity contribution in [1.82, 2.24) is 20.7 Å². The summed E-state index contributed by atoms with van der Waals surface area (Å²) in [6.07, 6.45) is 4.75. The quantitative estimate of drug-likeness (QED) is 0.434. The summed E-state index contributed by atoms with van der Waals surface area (Å²) >= 11 is 6.48. The summed E-state index contributed by atoms with van der Waals surface area (Å²) in [7, 11) is 0. The Morgan fingerprint density at radius 1 is 1.14 bits per heavy atom. The molecular formula is C20H18N4O3S2. The molecule has 2 N–H and O–H groups in total. The van der Waals surface area contributed by atoms with Crippen LogP contribution in [0.5, 0.6) is 0 Å². The minimum Gasteiger partial charge on any atom is -0.292 e. The third-order valence-electron chi connectivity index (χ3n) is 4.07. The first-order chi connectivity index (χ1) is 13.9. The fraction of sp³-hybridized carbons (Fsp3) is 0.150. The van der Waals surface area contributed by atoms with Gasteiger partial charge < -0.3 is 0 Å². The SMILES string of the molecule is Cc1ccc(C=C2SC(=S)N(CCC(=O)NNC(=O)c3ccncc3)C2=O)cc1. The van der Waals surface area contributed by atoms with Crippen molar-refractivity contribution >= 4 is 52.1 Å². The summed E-state index contributed by atoms with van der Waals surface area (Å²) in [5, 5.41) is 0. The predicted octanol–water partition coefficient (Wildman–Crippen LogP) is 2.44. The van der Waals surface area contributed by atoms with E-state index in [2.05, 4.69) is 15.8 Å². The molecular weight excluding hydrogens is 408 g/mol. The van der Waals surface area contributed by atoms with E-state index in [1.54, 1.807) is 6.08 Å². The Bertz CT molecular complexity index is 975. The van der Waals surface area contributed by atoms with Crippen LogP contribution < -0.4 is 10.9 Å².